The number of rotatable bonds is 3. The lowest BCUT2D eigenvalue weighted by molar-refractivity contribution is -0.133. The third-order valence-corrected chi connectivity index (χ3v) is 6.54. The van der Waals surface area contributed by atoms with Gasteiger partial charge in [-0.25, -0.2) is 8.42 Å². The van der Waals surface area contributed by atoms with Gasteiger partial charge in [-0.05, 0) is 49.4 Å². The van der Waals surface area contributed by atoms with Crippen LogP contribution in [-0.4, -0.2) is 55.8 Å². The minimum Gasteiger partial charge on any atom is -0.339 e. The molecule has 1 amide bonds. The summed E-state index contributed by atoms with van der Waals surface area (Å²) < 4.78 is 27.1. The topological polar surface area (TPSA) is 83.7 Å². The summed E-state index contributed by atoms with van der Waals surface area (Å²) in [6.07, 6.45) is 3.08. The number of halogens is 1. The van der Waals surface area contributed by atoms with Crippen molar-refractivity contribution in [2.24, 2.45) is 5.73 Å². The van der Waals surface area contributed by atoms with Gasteiger partial charge in [-0.3, -0.25) is 4.79 Å². The zero-order chi connectivity index (χ0) is 16.6. The summed E-state index contributed by atoms with van der Waals surface area (Å²) in [4.78, 5) is 13.9. The van der Waals surface area contributed by atoms with Gasteiger partial charge in [0.25, 0.3) is 0 Å². The Balaban J connectivity index is 0.00000208. The van der Waals surface area contributed by atoms with Crippen molar-refractivity contribution in [1.29, 1.82) is 0 Å². The Morgan fingerprint density at radius 3 is 2.38 bits per heavy atom. The number of aryl methyl sites for hydroxylation is 2. The first-order valence-corrected chi connectivity index (χ1v) is 9.50. The van der Waals surface area contributed by atoms with Gasteiger partial charge in [0.2, 0.25) is 15.9 Å². The molecule has 3 rings (SSSR count). The molecule has 1 aliphatic carbocycles. The minimum atomic E-state index is -3.49. The molecule has 0 spiro atoms. The highest BCUT2D eigenvalue weighted by molar-refractivity contribution is 7.89. The number of piperazine rings is 1. The summed E-state index contributed by atoms with van der Waals surface area (Å²) in [6, 6.07) is 4.91. The number of sulfonamides is 1. The Labute approximate surface area is 149 Å². The molecular formula is C16H24ClN3O3S. The number of hydrogen-bond donors (Lipinski definition) is 1. The molecule has 0 radical (unpaired) electrons. The number of nitrogens with zero attached hydrogens (tertiary/aromatic N) is 2. The largest absolute Gasteiger partial charge is 0.339 e. The molecule has 1 heterocycles. The molecule has 0 saturated carbocycles. The van der Waals surface area contributed by atoms with Crippen molar-refractivity contribution in [3.05, 3.63) is 29.3 Å². The molecule has 2 aliphatic rings. The molecule has 0 bridgehead atoms. The predicted octanol–water partition coefficient (Wildman–Crippen LogP) is 0.777. The Kier molecular flexibility index (Phi) is 5.91. The van der Waals surface area contributed by atoms with E-state index in [9.17, 15) is 13.2 Å². The molecule has 24 heavy (non-hydrogen) atoms. The number of benzene rings is 1. The number of carbonyl (C=O) groups excluding carboxylic acids is 1. The van der Waals surface area contributed by atoms with Crippen molar-refractivity contribution in [1.82, 2.24) is 9.21 Å². The van der Waals surface area contributed by atoms with Gasteiger partial charge >= 0.3 is 0 Å². The van der Waals surface area contributed by atoms with Gasteiger partial charge in [0.05, 0.1) is 10.9 Å². The molecule has 6 nitrogen and oxygen atoms in total. The standard InChI is InChI=1S/C16H23N3O3S.ClH/c1-12(17)16(20)18-7-9-19(10-8-18)23(21,22)15-6-5-13-3-2-4-14(13)11-15;/h5-6,11-12H,2-4,7-10,17H2,1H3;1H/t12-;/m1./s1. The van der Waals surface area contributed by atoms with Crippen LogP contribution >= 0.6 is 12.4 Å². The quantitative estimate of drug-likeness (QED) is 0.848. The van der Waals surface area contributed by atoms with Gasteiger partial charge in [-0.1, -0.05) is 6.07 Å². The van der Waals surface area contributed by atoms with Gasteiger partial charge in [0.15, 0.2) is 0 Å². The van der Waals surface area contributed by atoms with Crippen LogP contribution in [0.1, 0.15) is 24.5 Å². The monoisotopic (exact) mass is 373 g/mol. The average Bonchev–Trinajstić information content (AvgIpc) is 3.01. The summed E-state index contributed by atoms with van der Waals surface area (Å²) in [7, 11) is -3.49. The van der Waals surface area contributed by atoms with E-state index in [1.807, 2.05) is 12.1 Å². The molecule has 1 aromatic rings. The van der Waals surface area contributed by atoms with Crippen LogP contribution in [0.5, 0.6) is 0 Å². The molecule has 1 saturated heterocycles. The summed E-state index contributed by atoms with van der Waals surface area (Å²) in [5.41, 5.74) is 8.02. The summed E-state index contributed by atoms with van der Waals surface area (Å²) in [5.74, 6) is -0.125. The van der Waals surface area contributed by atoms with Crippen molar-refractivity contribution in [2.45, 2.75) is 37.1 Å². The van der Waals surface area contributed by atoms with E-state index >= 15 is 0 Å². The molecular weight excluding hydrogens is 350 g/mol. The van der Waals surface area contributed by atoms with Crippen LogP contribution in [0.15, 0.2) is 23.1 Å². The Morgan fingerprint density at radius 2 is 1.75 bits per heavy atom. The van der Waals surface area contributed by atoms with Gasteiger partial charge in [0, 0.05) is 26.2 Å². The van der Waals surface area contributed by atoms with Crippen LogP contribution in [0, 0.1) is 0 Å². The number of carbonyl (C=O) groups is 1. The van der Waals surface area contributed by atoms with Crippen LogP contribution in [0.2, 0.25) is 0 Å². The van der Waals surface area contributed by atoms with E-state index in [2.05, 4.69) is 0 Å². The maximum atomic E-state index is 12.8. The fourth-order valence-corrected chi connectivity index (χ4v) is 4.77. The Morgan fingerprint density at radius 1 is 1.12 bits per heavy atom. The normalized spacial score (nSPS) is 19.5. The molecule has 1 aromatic carbocycles. The van der Waals surface area contributed by atoms with Gasteiger partial charge in [-0.2, -0.15) is 4.31 Å². The average molecular weight is 374 g/mol. The lowest BCUT2D eigenvalue weighted by Gasteiger charge is -2.34. The van der Waals surface area contributed by atoms with Crippen molar-refractivity contribution in [3.63, 3.8) is 0 Å². The van der Waals surface area contributed by atoms with Crippen molar-refractivity contribution in [2.75, 3.05) is 26.2 Å². The van der Waals surface area contributed by atoms with Crippen molar-refractivity contribution < 1.29 is 13.2 Å². The zero-order valence-electron chi connectivity index (χ0n) is 13.8. The van der Waals surface area contributed by atoms with E-state index in [-0.39, 0.29) is 18.3 Å². The van der Waals surface area contributed by atoms with Crippen LogP contribution in [0.25, 0.3) is 0 Å². The molecule has 0 aromatic heterocycles. The SMILES string of the molecule is C[C@@H](N)C(=O)N1CCN(S(=O)(=O)c2ccc3c(c2)CCC3)CC1.Cl. The Hall–Kier alpha value is -1.15. The lowest BCUT2D eigenvalue weighted by atomic mass is 10.1. The summed E-state index contributed by atoms with van der Waals surface area (Å²) in [5, 5.41) is 0. The van der Waals surface area contributed by atoms with Gasteiger partial charge in [0.1, 0.15) is 0 Å². The highest BCUT2D eigenvalue weighted by Crippen LogP contribution is 2.26. The van der Waals surface area contributed by atoms with Crippen LogP contribution in [0.4, 0.5) is 0 Å². The second kappa shape index (κ2) is 7.39. The first-order chi connectivity index (χ1) is 10.9. The van der Waals surface area contributed by atoms with E-state index in [4.69, 9.17) is 5.73 Å². The van der Waals surface area contributed by atoms with Crippen LogP contribution in [0.3, 0.4) is 0 Å². The van der Waals surface area contributed by atoms with E-state index < -0.39 is 16.1 Å². The van der Waals surface area contributed by atoms with Crippen LogP contribution < -0.4 is 5.73 Å². The van der Waals surface area contributed by atoms with Gasteiger partial charge in [-0.15, -0.1) is 12.4 Å². The maximum absolute atomic E-state index is 12.8. The molecule has 1 aliphatic heterocycles. The number of hydrogen-bond acceptors (Lipinski definition) is 4. The minimum absolute atomic E-state index is 0. The van der Waals surface area contributed by atoms with Crippen LogP contribution in [-0.2, 0) is 27.7 Å². The third kappa shape index (κ3) is 3.59. The fraction of sp³-hybridized carbons (Fsp3) is 0.562. The second-order valence-corrected chi connectivity index (χ2v) is 8.24. The van der Waals surface area contributed by atoms with Gasteiger partial charge < -0.3 is 10.6 Å². The van der Waals surface area contributed by atoms with E-state index in [0.717, 1.165) is 24.8 Å². The molecule has 0 unspecified atom stereocenters. The highest BCUT2D eigenvalue weighted by atomic mass is 35.5. The first kappa shape index (κ1) is 19.2. The van der Waals surface area contributed by atoms with E-state index in [1.165, 1.54) is 9.87 Å². The fourth-order valence-electron chi connectivity index (χ4n) is 3.29. The van der Waals surface area contributed by atoms with Crippen molar-refractivity contribution >= 4 is 28.3 Å². The molecule has 134 valence electrons. The molecule has 1 atom stereocenters. The number of fused-ring (bicyclic) bond motifs is 1. The van der Waals surface area contributed by atoms with E-state index in [1.54, 1.807) is 17.9 Å². The summed E-state index contributed by atoms with van der Waals surface area (Å²) >= 11 is 0. The number of amides is 1. The smallest absolute Gasteiger partial charge is 0.243 e. The van der Waals surface area contributed by atoms with E-state index in [0.29, 0.717) is 31.1 Å². The molecule has 8 heteroatoms. The third-order valence-electron chi connectivity index (χ3n) is 4.65. The highest BCUT2D eigenvalue weighted by Gasteiger charge is 2.31. The predicted molar refractivity (Wildman–Crippen MR) is 94.7 cm³/mol. The summed E-state index contributed by atoms with van der Waals surface area (Å²) in [6.45, 7) is 3.07. The zero-order valence-corrected chi connectivity index (χ0v) is 15.4. The molecule has 1 fully saturated rings. The maximum Gasteiger partial charge on any atom is 0.243 e. The Bertz CT molecular complexity index is 713. The van der Waals surface area contributed by atoms with Crippen molar-refractivity contribution in [3.8, 4) is 0 Å². The second-order valence-electron chi connectivity index (χ2n) is 6.30. The first-order valence-electron chi connectivity index (χ1n) is 8.06. The number of nitrogens with two attached hydrogens (primary N) is 1. The lowest BCUT2D eigenvalue weighted by Crippen LogP contribution is -2.53. The molecule has 2 N–H and O–H groups in total.